The van der Waals surface area contributed by atoms with Crippen LogP contribution in [0.25, 0.3) is 6.08 Å². The molecule has 1 fully saturated rings. The van der Waals surface area contributed by atoms with E-state index in [4.69, 9.17) is 11.6 Å². The molecule has 1 saturated heterocycles. The second kappa shape index (κ2) is 6.17. The highest BCUT2D eigenvalue weighted by atomic mass is 35.5. The number of hydrogen-bond acceptors (Lipinski definition) is 2. The van der Waals surface area contributed by atoms with Crippen LogP contribution in [0.1, 0.15) is 18.4 Å². The molecule has 0 bridgehead atoms. The largest absolute Gasteiger partial charge is 0.393 e. The molecule has 1 heterocycles. The predicted molar refractivity (Wildman–Crippen MR) is 72.3 cm³/mol. The van der Waals surface area contributed by atoms with Gasteiger partial charge in [0.2, 0.25) is 5.91 Å². The first-order valence-corrected chi connectivity index (χ1v) is 6.54. The fourth-order valence-electron chi connectivity index (χ4n) is 1.98. The number of aliphatic hydroxyl groups is 1. The first kappa shape index (κ1) is 14.0. The molecular formula is C14H15ClFNO2. The minimum absolute atomic E-state index is 0.0377. The molecule has 1 aromatic rings. The second-order valence-electron chi connectivity index (χ2n) is 4.56. The van der Waals surface area contributed by atoms with Gasteiger partial charge in [0.05, 0.1) is 11.1 Å². The standard InChI is InChI=1S/C14H15ClFNO2/c15-12-9-10(1-3-13(12)16)2-4-14(19)17-7-5-11(18)6-8-17/h1-4,9,11,18H,5-8H2/b4-2+. The molecule has 1 aliphatic heterocycles. The van der Waals surface area contributed by atoms with Crippen LogP contribution in [0.5, 0.6) is 0 Å². The van der Waals surface area contributed by atoms with E-state index in [0.29, 0.717) is 31.5 Å². The molecule has 1 amide bonds. The molecule has 0 spiro atoms. The quantitative estimate of drug-likeness (QED) is 0.847. The van der Waals surface area contributed by atoms with Gasteiger partial charge in [0, 0.05) is 19.2 Å². The van der Waals surface area contributed by atoms with Crippen LogP contribution in [0.2, 0.25) is 5.02 Å². The van der Waals surface area contributed by atoms with E-state index in [1.165, 1.54) is 18.2 Å². The molecule has 5 heteroatoms. The average Bonchev–Trinajstić information content (AvgIpc) is 2.40. The fraction of sp³-hybridized carbons (Fsp3) is 0.357. The van der Waals surface area contributed by atoms with Crippen molar-refractivity contribution in [1.82, 2.24) is 4.90 Å². The van der Waals surface area contributed by atoms with Crippen LogP contribution >= 0.6 is 11.6 Å². The summed E-state index contributed by atoms with van der Waals surface area (Å²) >= 11 is 5.66. The summed E-state index contributed by atoms with van der Waals surface area (Å²) in [5.74, 6) is -0.581. The van der Waals surface area contributed by atoms with Crippen molar-refractivity contribution in [2.75, 3.05) is 13.1 Å². The Balaban J connectivity index is 1.98. The molecule has 1 N–H and O–H groups in total. The minimum atomic E-state index is -0.477. The van der Waals surface area contributed by atoms with E-state index in [1.807, 2.05) is 0 Å². The summed E-state index contributed by atoms with van der Waals surface area (Å²) in [7, 11) is 0. The Morgan fingerprint density at radius 3 is 2.74 bits per heavy atom. The van der Waals surface area contributed by atoms with E-state index in [2.05, 4.69) is 0 Å². The number of aliphatic hydroxyl groups excluding tert-OH is 1. The van der Waals surface area contributed by atoms with Crippen LogP contribution in [0.15, 0.2) is 24.3 Å². The van der Waals surface area contributed by atoms with E-state index < -0.39 is 5.82 Å². The maximum atomic E-state index is 13.0. The zero-order chi connectivity index (χ0) is 13.8. The molecular weight excluding hydrogens is 269 g/mol. The van der Waals surface area contributed by atoms with Gasteiger partial charge in [0.25, 0.3) is 0 Å². The lowest BCUT2D eigenvalue weighted by Gasteiger charge is -2.28. The number of nitrogens with zero attached hydrogens (tertiary/aromatic N) is 1. The zero-order valence-electron chi connectivity index (χ0n) is 10.4. The Morgan fingerprint density at radius 1 is 1.42 bits per heavy atom. The van der Waals surface area contributed by atoms with Crippen molar-refractivity contribution in [3.8, 4) is 0 Å². The molecule has 19 heavy (non-hydrogen) atoms. The van der Waals surface area contributed by atoms with Gasteiger partial charge in [-0.1, -0.05) is 17.7 Å². The molecule has 0 atom stereocenters. The lowest BCUT2D eigenvalue weighted by atomic mass is 10.1. The Hall–Kier alpha value is -1.39. The number of rotatable bonds is 2. The number of benzene rings is 1. The molecule has 0 radical (unpaired) electrons. The van der Waals surface area contributed by atoms with Crippen molar-refractivity contribution in [2.45, 2.75) is 18.9 Å². The van der Waals surface area contributed by atoms with Gasteiger partial charge in [0.15, 0.2) is 0 Å². The molecule has 0 aliphatic carbocycles. The summed E-state index contributed by atoms with van der Waals surface area (Å²) in [5.41, 5.74) is 0.678. The van der Waals surface area contributed by atoms with Crippen LogP contribution in [0.4, 0.5) is 4.39 Å². The number of hydrogen-bond donors (Lipinski definition) is 1. The van der Waals surface area contributed by atoms with Crippen LogP contribution in [-0.4, -0.2) is 35.1 Å². The van der Waals surface area contributed by atoms with Gasteiger partial charge in [-0.3, -0.25) is 4.79 Å². The molecule has 3 nitrogen and oxygen atoms in total. The van der Waals surface area contributed by atoms with Crippen LogP contribution in [-0.2, 0) is 4.79 Å². The lowest BCUT2D eigenvalue weighted by molar-refractivity contribution is -0.127. The Kier molecular flexibility index (Phi) is 4.56. The summed E-state index contributed by atoms with van der Waals surface area (Å²) in [4.78, 5) is 13.6. The Labute approximate surface area is 116 Å². The Morgan fingerprint density at radius 2 is 2.11 bits per heavy atom. The SMILES string of the molecule is O=C(/C=C/c1ccc(F)c(Cl)c1)N1CCC(O)CC1. The third-order valence-electron chi connectivity index (χ3n) is 3.14. The smallest absolute Gasteiger partial charge is 0.246 e. The van der Waals surface area contributed by atoms with Crippen molar-refractivity contribution in [3.63, 3.8) is 0 Å². The number of carbonyl (C=O) groups is 1. The fourth-order valence-corrected chi connectivity index (χ4v) is 2.16. The lowest BCUT2D eigenvalue weighted by Crippen LogP contribution is -2.39. The van der Waals surface area contributed by atoms with E-state index in [-0.39, 0.29) is 17.0 Å². The van der Waals surface area contributed by atoms with Crippen LogP contribution in [0, 0.1) is 5.82 Å². The molecule has 0 unspecified atom stereocenters. The average molecular weight is 284 g/mol. The van der Waals surface area contributed by atoms with Crippen molar-refractivity contribution in [2.24, 2.45) is 0 Å². The zero-order valence-corrected chi connectivity index (χ0v) is 11.1. The van der Waals surface area contributed by atoms with Gasteiger partial charge >= 0.3 is 0 Å². The summed E-state index contributed by atoms with van der Waals surface area (Å²) in [6, 6.07) is 4.30. The van der Waals surface area contributed by atoms with Gasteiger partial charge < -0.3 is 10.0 Å². The molecule has 0 aromatic heterocycles. The minimum Gasteiger partial charge on any atom is -0.393 e. The Bertz CT molecular complexity index is 496. The third-order valence-corrected chi connectivity index (χ3v) is 3.43. The molecule has 1 aromatic carbocycles. The van der Waals surface area contributed by atoms with Crippen molar-refractivity contribution in [3.05, 3.63) is 40.7 Å². The van der Waals surface area contributed by atoms with Gasteiger partial charge in [-0.25, -0.2) is 4.39 Å². The van der Waals surface area contributed by atoms with E-state index >= 15 is 0 Å². The van der Waals surface area contributed by atoms with E-state index in [1.54, 1.807) is 17.0 Å². The first-order chi connectivity index (χ1) is 9.06. The third kappa shape index (κ3) is 3.78. The maximum Gasteiger partial charge on any atom is 0.246 e. The molecule has 2 rings (SSSR count). The normalized spacial score (nSPS) is 17.1. The van der Waals surface area contributed by atoms with E-state index in [9.17, 15) is 14.3 Å². The topological polar surface area (TPSA) is 40.5 Å². The highest BCUT2D eigenvalue weighted by molar-refractivity contribution is 6.30. The first-order valence-electron chi connectivity index (χ1n) is 6.16. The highest BCUT2D eigenvalue weighted by Crippen LogP contribution is 2.17. The van der Waals surface area contributed by atoms with Crippen LogP contribution < -0.4 is 0 Å². The van der Waals surface area contributed by atoms with Gasteiger partial charge in [-0.2, -0.15) is 0 Å². The molecule has 1 aliphatic rings. The van der Waals surface area contributed by atoms with Crippen molar-refractivity contribution < 1.29 is 14.3 Å². The van der Waals surface area contributed by atoms with Gasteiger partial charge in [-0.05, 0) is 36.6 Å². The van der Waals surface area contributed by atoms with Crippen LogP contribution in [0.3, 0.4) is 0 Å². The number of amides is 1. The summed E-state index contributed by atoms with van der Waals surface area (Å²) in [6.45, 7) is 1.13. The molecule has 102 valence electrons. The monoisotopic (exact) mass is 283 g/mol. The van der Waals surface area contributed by atoms with Crippen molar-refractivity contribution >= 4 is 23.6 Å². The predicted octanol–water partition coefficient (Wildman–Crippen LogP) is 2.48. The second-order valence-corrected chi connectivity index (χ2v) is 4.97. The van der Waals surface area contributed by atoms with E-state index in [0.717, 1.165) is 0 Å². The summed E-state index contributed by atoms with van der Waals surface area (Å²) < 4.78 is 13.0. The van der Waals surface area contributed by atoms with Gasteiger partial charge in [0.1, 0.15) is 5.82 Å². The summed E-state index contributed by atoms with van der Waals surface area (Å²) in [6.07, 6.45) is 3.98. The number of carbonyl (C=O) groups excluding carboxylic acids is 1. The van der Waals surface area contributed by atoms with Gasteiger partial charge in [-0.15, -0.1) is 0 Å². The van der Waals surface area contributed by atoms with Crippen molar-refractivity contribution in [1.29, 1.82) is 0 Å². The number of piperidine rings is 1. The molecule has 0 saturated carbocycles. The number of halogens is 2. The maximum absolute atomic E-state index is 13.0. The highest BCUT2D eigenvalue weighted by Gasteiger charge is 2.19. The number of likely N-dealkylation sites (tertiary alicyclic amines) is 1. The summed E-state index contributed by atoms with van der Waals surface area (Å²) in [5, 5.41) is 9.40.